The standard InChI is InChI=1S/C8H7ClO3/c1-5-6(8(10)12-11)3-2-4-7(5)9/h2-4,11H,1H3. The fourth-order valence-electron chi connectivity index (χ4n) is 0.878. The van der Waals surface area contributed by atoms with Gasteiger partial charge in [0.1, 0.15) is 0 Å². The summed E-state index contributed by atoms with van der Waals surface area (Å²) in [5, 5.41) is 8.58. The summed E-state index contributed by atoms with van der Waals surface area (Å²) in [6.45, 7) is 1.68. The quantitative estimate of drug-likeness (QED) is 0.541. The molecule has 12 heavy (non-hydrogen) atoms. The molecule has 0 aliphatic heterocycles. The molecule has 1 aromatic rings. The SMILES string of the molecule is Cc1c(Cl)cccc1C(=O)OO. The van der Waals surface area contributed by atoms with Gasteiger partial charge in [-0.1, -0.05) is 17.7 Å². The van der Waals surface area contributed by atoms with Crippen molar-refractivity contribution in [3.8, 4) is 0 Å². The highest BCUT2D eigenvalue weighted by atomic mass is 35.5. The van der Waals surface area contributed by atoms with E-state index in [1.807, 2.05) is 0 Å². The van der Waals surface area contributed by atoms with Gasteiger partial charge in [0.15, 0.2) is 0 Å². The highest BCUT2D eigenvalue weighted by Gasteiger charge is 2.11. The van der Waals surface area contributed by atoms with Gasteiger partial charge in [-0.05, 0) is 24.6 Å². The average Bonchev–Trinajstić information content (AvgIpc) is 2.08. The Morgan fingerprint density at radius 2 is 2.25 bits per heavy atom. The van der Waals surface area contributed by atoms with Crippen molar-refractivity contribution in [3.63, 3.8) is 0 Å². The number of carbonyl (C=O) groups excluding carboxylic acids is 1. The van der Waals surface area contributed by atoms with Crippen LogP contribution >= 0.6 is 11.6 Å². The third kappa shape index (κ3) is 1.57. The van der Waals surface area contributed by atoms with Gasteiger partial charge in [-0.15, -0.1) is 0 Å². The summed E-state index contributed by atoms with van der Waals surface area (Å²) in [6, 6.07) is 4.80. The molecule has 0 saturated heterocycles. The maximum atomic E-state index is 10.9. The normalized spacial score (nSPS) is 9.58. The summed E-state index contributed by atoms with van der Waals surface area (Å²) < 4.78 is 0. The minimum atomic E-state index is -0.796. The molecule has 0 unspecified atom stereocenters. The van der Waals surface area contributed by atoms with Crippen LogP contribution in [0.3, 0.4) is 0 Å². The second-order valence-electron chi connectivity index (χ2n) is 2.29. The van der Waals surface area contributed by atoms with E-state index in [1.165, 1.54) is 6.07 Å². The van der Waals surface area contributed by atoms with E-state index in [0.29, 0.717) is 10.6 Å². The first-order valence-electron chi connectivity index (χ1n) is 3.27. The lowest BCUT2D eigenvalue weighted by Crippen LogP contribution is -2.03. The number of hydrogen-bond donors (Lipinski definition) is 1. The van der Waals surface area contributed by atoms with Crippen LogP contribution in [-0.4, -0.2) is 11.2 Å². The zero-order valence-corrected chi connectivity index (χ0v) is 7.13. The van der Waals surface area contributed by atoms with E-state index in [9.17, 15) is 4.79 Å². The summed E-state index contributed by atoms with van der Waals surface area (Å²) in [5.74, 6) is -0.796. The Bertz CT molecular complexity index is 309. The zero-order valence-electron chi connectivity index (χ0n) is 6.37. The monoisotopic (exact) mass is 186 g/mol. The Balaban J connectivity index is 3.16. The number of halogens is 1. The van der Waals surface area contributed by atoms with Crippen LogP contribution in [0.1, 0.15) is 15.9 Å². The van der Waals surface area contributed by atoms with Crippen LogP contribution < -0.4 is 0 Å². The highest BCUT2D eigenvalue weighted by molar-refractivity contribution is 6.31. The lowest BCUT2D eigenvalue weighted by molar-refractivity contribution is -0.182. The second kappa shape index (κ2) is 3.56. The molecule has 0 atom stereocenters. The van der Waals surface area contributed by atoms with Crippen molar-refractivity contribution in [2.45, 2.75) is 6.92 Å². The first-order valence-corrected chi connectivity index (χ1v) is 3.65. The number of rotatable bonds is 1. The highest BCUT2D eigenvalue weighted by Crippen LogP contribution is 2.18. The van der Waals surface area contributed by atoms with Crippen LogP contribution in [0.15, 0.2) is 18.2 Å². The van der Waals surface area contributed by atoms with E-state index in [2.05, 4.69) is 4.89 Å². The molecule has 1 N–H and O–H groups in total. The number of benzene rings is 1. The number of carbonyl (C=O) groups is 1. The molecule has 64 valence electrons. The molecule has 1 aromatic carbocycles. The molecule has 0 radical (unpaired) electrons. The van der Waals surface area contributed by atoms with Crippen LogP contribution in [0.5, 0.6) is 0 Å². The maximum Gasteiger partial charge on any atom is 0.373 e. The molecule has 0 fully saturated rings. The van der Waals surface area contributed by atoms with Gasteiger partial charge in [-0.3, -0.25) is 4.89 Å². The fraction of sp³-hybridized carbons (Fsp3) is 0.125. The van der Waals surface area contributed by atoms with Gasteiger partial charge < -0.3 is 0 Å². The van der Waals surface area contributed by atoms with Gasteiger partial charge in [-0.2, -0.15) is 5.26 Å². The summed E-state index contributed by atoms with van der Waals surface area (Å²) in [7, 11) is 0. The minimum Gasteiger partial charge on any atom is -0.295 e. The van der Waals surface area contributed by atoms with E-state index < -0.39 is 5.97 Å². The molecule has 0 bridgehead atoms. The summed E-state index contributed by atoms with van der Waals surface area (Å²) >= 11 is 5.73. The third-order valence-corrected chi connectivity index (χ3v) is 1.98. The Hall–Kier alpha value is -1.06. The van der Waals surface area contributed by atoms with Crippen molar-refractivity contribution < 1.29 is 14.9 Å². The summed E-state index contributed by atoms with van der Waals surface area (Å²) in [4.78, 5) is 14.4. The zero-order chi connectivity index (χ0) is 9.14. The van der Waals surface area contributed by atoms with E-state index >= 15 is 0 Å². The Morgan fingerprint density at radius 3 is 2.83 bits per heavy atom. The minimum absolute atomic E-state index is 0.269. The van der Waals surface area contributed by atoms with Crippen molar-refractivity contribution in [2.75, 3.05) is 0 Å². The van der Waals surface area contributed by atoms with Gasteiger partial charge in [0.05, 0.1) is 5.56 Å². The Labute approximate surface area is 74.5 Å². The molecule has 3 nitrogen and oxygen atoms in total. The second-order valence-corrected chi connectivity index (χ2v) is 2.70. The Morgan fingerprint density at radius 1 is 1.58 bits per heavy atom. The lowest BCUT2D eigenvalue weighted by atomic mass is 10.1. The van der Waals surface area contributed by atoms with E-state index in [-0.39, 0.29) is 5.56 Å². The maximum absolute atomic E-state index is 10.9. The van der Waals surface area contributed by atoms with E-state index in [0.717, 1.165) is 0 Å². The predicted octanol–water partition coefficient (Wildman–Crippen LogP) is 2.28. The molecule has 0 aliphatic carbocycles. The molecular weight excluding hydrogens is 180 g/mol. The van der Waals surface area contributed by atoms with E-state index in [4.69, 9.17) is 16.9 Å². The summed E-state index contributed by atoms with van der Waals surface area (Å²) in [6.07, 6.45) is 0. The molecular formula is C8H7ClO3. The fourth-order valence-corrected chi connectivity index (χ4v) is 1.05. The molecule has 0 amide bonds. The number of hydrogen-bond acceptors (Lipinski definition) is 3. The van der Waals surface area contributed by atoms with Crippen LogP contribution in [0.2, 0.25) is 5.02 Å². The largest absolute Gasteiger partial charge is 0.373 e. The van der Waals surface area contributed by atoms with Crippen LogP contribution in [-0.2, 0) is 4.89 Å². The first kappa shape index (κ1) is 9.03. The van der Waals surface area contributed by atoms with Gasteiger partial charge in [0.2, 0.25) is 0 Å². The molecule has 1 rings (SSSR count). The molecule has 0 spiro atoms. The topological polar surface area (TPSA) is 46.5 Å². The van der Waals surface area contributed by atoms with Crippen LogP contribution in [0.25, 0.3) is 0 Å². The first-order chi connectivity index (χ1) is 5.66. The van der Waals surface area contributed by atoms with Gasteiger partial charge >= 0.3 is 5.97 Å². The van der Waals surface area contributed by atoms with Crippen LogP contribution in [0, 0.1) is 6.92 Å². The molecule has 4 heteroatoms. The van der Waals surface area contributed by atoms with Gasteiger partial charge in [-0.25, -0.2) is 4.79 Å². The Kier molecular flexibility index (Phi) is 2.68. The summed E-state index contributed by atoms with van der Waals surface area (Å²) in [5.41, 5.74) is 0.864. The van der Waals surface area contributed by atoms with Crippen molar-refractivity contribution >= 4 is 17.6 Å². The van der Waals surface area contributed by atoms with Crippen molar-refractivity contribution in [1.82, 2.24) is 0 Å². The molecule has 0 aliphatic rings. The van der Waals surface area contributed by atoms with Crippen LogP contribution in [0.4, 0.5) is 0 Å². The average molecular weight is 187 g/mol. The smallest absolute Gasteiger partial charge is 0.295 e. The van der Waals surface area contributed by atoms with Gasteiger partial charge in [0, 0.05) is 5.02 Å². The third-order valence-electron chi connectivity index (χ3n) is 1.57. The lowest BCUT2D eigenvalue weighted by Gasteiger charge is -2.02. The van der Waals surface area contributed by atoms with Crippen molar-refractivity contribution in [2.24, 2.45) is 0 Å². The molecule has 0 aromatic heterocycles. The predicted molar refractivity (Wildman–Crippen MR) is 44.2 cm³/mol. The van der Waals surface area contributed by atoms with Gasteiger partial charge in [0.25, 0.3) is 0 Å². The molecule has 0 heterocycles. The van der Waals surface area contributed by atoms with Crippen molar-refractivity contribution in [1.29, 1.82) is 0 Å². The molecule has 0 saturated carbocycles. The van der Waals surface area contributed by atoms with Crippen molar-refractivity contribution in [3.05, 3.63) is 34.3 Å². The van der Waals surface area contributed by atoms with E-state index in [1.54, 1.807) is 19.1 Å².